The van der Waals surface area contributed by atoms with Crippen LogP contribution in [0.3, 0.4) is 0 Å². The largest absolute Gasteiger partial charge is 0.484 e. The number of aryl methyl sites for hydroxylation is 2. The van der Waals surface area contributed by atoms with Crippen LogP contribution in [0.2, 0.25) is 0 Å². The van der Waals surface area contributed by atoms with E-state index in [-0.39, 0.29) is 12.5 Å². The molecule has 2 heterocycles. The number of hydrogen-bond donors (Lipinski definition) is 1. The highest BCUT2D eigenvalue weighted by Gasteiger charge is 2.09. The van der Waals surface area contributed by atoms with E-state index in [1.807, 2.05) is 91.3 Å². The highest BCUT2D eigenvalue weighted by Crippen LogP contribution is 2.23. The number of carbonyl (C=O) groups is 1. The van der Waals surface area contributed by atoms with Crippen molar-refractivity contribution in [3.05, 3.63) is 84.2 Å². The van der Waals surface area contributed by atoms with Gasteiger partial charge in [0.1, 0.15) is 11.4 Å². The smallest absolute Gasteiger partial charge is 0.262 e. The molecule has 0 atom stereocenters. The van der Waals surface area contributed by atoms with E-state index in [4.69, 9.17) is 9.72 Å². The zero-order valence-corrected chi connectivity index (χ0v) is 15.8. The van der Waals surface area contributed by atoms with Crippen LogP contribution in [0.25, 0.3) is 16.9 Å². The minimum absolute atomic E-state index is 0.0404. The van der Waals surface area contributed by atoms with Crippen LogP contribution in [0.4, 0.5) is 5.69 Å². The topological polar surface area (TPSA) is 55.6 Å². The van der Waals surface area contributed by atoms with E-state index in [0.29, 0.717) is 11.4 Å². The van der Waals surface area contributed by atoms with Gasteiger partial charge in [0.25, 0.3) is 5.91 Å². The number of aromatic nitrogens is 2. The van der Waals surface area contributed by atoms with Crippen molar-refractivity contribution >= 4 is 17.2 Å². The number of carbonyl (C=O) groups excluding carboxylic acids is 1. The van der Waals surface area contributed by atoms with Crippen LogP contribution in [0.1, 0.15) is 11.1 Å². The summed E-state index contributed by atoms with van der Waals surface area (Å²) in [6.07, 6.45) is 3.97. The Labute approximate surface area is 163 Å². The number of fused-ring (bicyclic) bond motifs is 1. The van der Waals surface area contributed by atoms with Crippen molar-refractivity contribution in [2.75, 3.05) is 11.9 Å². The van der Waals surface area contributed by atoms with E-state index in [9.17, 15) is 4.79 Å². The van der Waals surface area contributed by atoms with Crippen molar-refractivity contribution in [1.29, 1.82) is 0 Å². The van der Waals surface area contributed by atoms with Crippen LogP contribution < -0.4 is 10.1 Å². The Bertz CT molecular complexity index is 1150. The van der Waals surface area contributed by atoms with Gasteiger partial charge in [0.2, 0.25) is 0 Å². The zero-order chi connectivity index (χ0) is 19.5. The van der Waals surface area contributed by atoms with E-state index in [1.165, 1.54) is 0 Å². The molecule has 1 amide bonds. The summed E-state index contributed by atoms with van der Waals surface area (Å²) in [5, 5.41) is 2.88. The van der Waals surface area contributed by atoms with Gasteiger partial charge in [-0.3, -0.25) is 4.79 Å². The first-order chi connectivity index (χ1) is 13.6. The molecule has 0 spiro atoms. The molecule has 0 aliphatic rings. The quantitative estimate of drug-likeness (QED) is 0.556. The molecule has 1 N–H and O–H groups in total. The first-order valence-corrected chi connectivity index (χ1v) is 9.12. The lowest BCUT2D eigenvalue weighted by Crippen LogP contribution is -2.20. The fourth-order valence-corrected chi connectivity index (χ4v) is 3.10. The van der Waals surface area contributed by atoms with Gasteiger partial charge in [-0.15, -0.1) is 0 Å². The number of rotatable bonds is 5. The summed E-state index contributed by atoms with van der Waals surface area (Å²) < 4.78 is 7.57. The molecular weight excluding hydrogens is 350 g/mol. The second-order valence-electron chi connectivity index (χ2n) is 6.78. The van der Waals surface area contributed by atoms with E-state index >= 15 is 0 Å². The predicted molar refractivity (Wildman–Crippen MR) is 111 cm³/mol. The third-order valence-corrected chi connectivity index (χ3v) is 4.48. The molecule has 0 aliphatic carbocycles. The van der Waals surface area contributed by atoms with Gasteiger partial charge in [-0.05, 0) is 55.3 Å². The lowest BCUT2D eigenvalue weighted by molar-refractivity contribution is -0.118. The summed E-state index contributed by atoms with van der Waals surface area (Å²) in [7, 11) is 0. The molecule has 0 unspecified atom stereocenters. The van der Waals surface area contributed by atoms with Crippen molar-refractivity contribution in [1.82, 2.24) is 9.38 Å². The average molecular weight is 371 g/mol. The fourth-order valence-electron chi connectivity index (χ4n) is 3.10. The summed E-state index contributed by atoms with van der Waals surface area (Å²) in [5.41, 5.74) is 5.66. The molecular formula is C23H21N3O2. The molecule has 28 heavy (non-hydrogen) atoms. The molecule has 0 fully saturated rings. The highest BCUT2D eigenvalue weighted by molar-refractivity contribution is 5.92. The second-order valence-corrected chi connectivity index (χ2v) is 6.78. The van der Waals surface area contributed by atoms with Crippen LogP contribution in [-0.2, 0) is 4.79 Å². The lowest BCUT2D eigenvalue weighted by Gasteiger charge is -2.09. The summed E-state index contributed by atoms with van der Waals surface area (Å²) in [6, 6.07) is 19.3. The number of imidazole rings is 1. The molecule has 0 saturated heterocycles. The monoisotopic (exact) mass is 371 g/mol. The van der Waals surface area contributed by atoms with Crippen LogP contribution in [-0.4, -0.2) is 21.9 Å². The zero-order valence-electron chi connectivity index (χ0n) is 15.8. The number of anilines is 1. The second kappa shape index (κ2) is 7.56. The lowest BCUT2D eigenvalue weighted by atomic mass is 10.1. The Balaban J connectivity index is 1.47. The van der Waals surface area contributed by atoms with Crippen molar-refractivity contribution in [3.63, 3.8) is 0 Å². The Kier molecular flexibility index (Phi) is 4.81. The van der Waals surface area contributed by atoms with Gasteiger partial charge in [-0.1, -0.05) is 30.3 Å². The summed E-state index contributed by atoms with van der Waals surface area (Å²) in [6.45, 7) is 3.98. The predicted octanol–water partition coefficient (Wildman–Crippen LogP) is 4.64. The van der Waals surface area contributed by atoms with Crippen molar-refractivity contribution in [2.24, 2.45) is 0 Å². The van der Waals surface area contributed by atoms with Crippen molar-refractivity contribution in [2.45, 2.75) is 13.8 Å². The van der Waals surface area contributed by atoms with Crippen LogP contribution in [0.5, 0.6) is 5.75 Å². The maximum atomic E-state index is 12.2. The van der Waals surface area contributed by atoms with Gasteiger partial charge in [0.05, 0.1) is 5.69 Å². The van der Waals surface area contributed by atoms with Crippen LogP contribution in [0, 0.1) is 13.8 Å². The third kappa shape index (κ3) is 3.88. The third-order valence-electron chi connectivity index (χ3n) is 4.48. The maximum absolute atomic E-state index is 12.2. The maximum Gasteiger partial charge on any atom is 0.262 e. The Morgan fingerprint density at radius 2 is 1.93 bits per heavy atom. The Hall–Kier alpha value is -3.60. The van der Waals surface area contributed by atoms with E-state index in [2.05, 4.69) is 5.32 Å². The summed E-state index contributed by atoms with van der Waals surface area (Å²) in [5.74, 6) is 0.480. The number of ether oxygens (including phenoxy) is 1. The van der Waals surface area contributed by atoms with Crippen LogP contribution >= 0.6 is 0 Å². The number of amides is 1. The number of nitrogens with zero attached hydrogens (tertiary/aromatic N) is 2. The SMILES string of the molecule is Cc1cccc(OCC(=O)Nc2cccc(-c3cn4cccc(C)c4n3)c2)c1. The standard InChI is InChI=1S/C23H21N3O2/c1-16-6-3-10-20(12-16)28-15-22(27)24-19-9-4-8-18(13-19)21-14-26-11-5-7-17(2)23(26)25-21/h3-14H,15H2,1-2H3,(H,24,27). The van der Waals surface area contributed by atoms with Crippen LogP contribution in [0.15, 0.2) is 73.1 Å². The molecule has 4 rings (SSSR count). The summed E-state index contributed by atoms with van der Waals surface area (Å²) >= 11 is 0. The Morgan fingerprint density at radius 1 is 1.07 bits per heavy atom. The van der Waals surface area contributed by atoms with Gasteiger partial charge in [-0.2, -0.15) is 0 Å². The highest BCUT2D eigenvalue weighted by atomic mass is 16.5. The van der Waals surface area contributed by atoms with Gasteiger partial charge in [0, 0.05) is 23.6 Å². The first kappa shape index (κ1) is 17.8. The van der Waals surface area contributed by atoms with E-state index in [0.717, 1.165) is 28.0 Å². The molecule has 0 aliphatic heterocycles. The molecule has 5 heteroatoms. The van der Waals surface area contributed by atoms with E-state index < -0.39 is 0 Å². The first-order valence-electron chi connectivity index (χ1n) is 9.12. The molecule has 4 aromatic rings. The minimum Gasteiger partial charge on any atom is -0.484 e. The van der Waals surface area contributed by atoms with Gasteiger partial charge < -0.3 is 14.5 Å². The Morgan fingerprint density at radius 3 is 2.75 bits per heavy atom. The number of hydrogen-bond acceptors (Lipinski definition) is 3. The van der Waals surface area contributed by atoms with Crippen molar-refractivity contribution in [3.8, 4) is 17.0 Å². The molecule has 5 nitrogen and oxygen atoms in total. The molecule has 0 bridgehead atoms. The number of nitrogens with one attached hydrogen (secondary N) is 1. The van der Waals surface area contributed by atoms with Gasteiger partial charge in [0.15, 0.2) is 6.61 Å². The molecule has 0 radical (unpaired) electrons. The minimum atomic E-state index is -0.204. The van der Waals surface area contributed by atoms with Crippen molar-refractivity contribution < 1.29 is 9.53 Å². The molecule has 2 aromatic heterocycles. The molecule has 2 aromatic carbocycles. The van der Waals surface area contributed by atoms with E-state index in [1.54, 1.807) is 0 Å². The summed E-state index contributed by atoms with van der Waals surface area (Å²) in [4.78, 5) is 17.0. The average Bonchev–Trinajstić information content (AvgIpc) is 3.13. The number of pyridine rings is 1. The molecule has 140 valence electrons. The normalized spacial score (nSPS) is 10.8. The molecule has 0 saturated carbocycles. The number of benzene rings is 2. The fraction of sp³-hybridized carbons (Fsp3) is 0.130. The van der Waals surface area contributed by atoms with Gasteiger partial charge in [-0.25, -0.2) is 4.98 Å². The van der Waals surface area contributed by atoms with Gasteiger partial charge >= 0.3 is 0 Å².